The van der Waals surface area contributed by atoms with Gasteiger partial charge in [0.1, 0.15) is 12.1 Å². The SMILES string of the molecule is O=C(c1ccccc1Nc1ccncn1)N1CCCCC1. The molecule has 0 radical (unpaired) electrons. The highest BCUT2D eigenvalue weighted by Crippen LogP contribution is 2.22. The highest BCUT2D eigenvalue weighted by Gasteiger charge is 2.20. The smallest absolute Gasteiger partial charge is 0.255 e. The third-order valence-electron chi connectivity index (χ3n) is 3.65. The predicted octanol–water partition coefficient (Wildman–Crippen LogP) is 2.85. The third-order valence-corrected chi connectivity index (χ3v) is 3.65. The Morgan fingerprint density at radius 3 is 2.67 bits per heavy atom. The van der Waals surface area contributed by atoms with Gasteiger partial charge in [0.15, 0.2) is 0 Å². The summed E-state index contributed by atoms with van der Waals surface area (Å²) in [7, 11) is 0. The van der Waals surface area contributed by atoms with E-state index < -0.39 is 0 Å². The summed E-state index contributed by atoms with van der Waals surface area (Å²) in [6.07, 6.45) is 6.55. The number of nitrogens with one attached hydrogen (secondary N) is 1. The Labute approximate surface area is 124 Å². The van der Waals surface area contributed by atoms with E-state index in [1.807, 2.05) is 29.2 Å². The summed E-state index contributed by atoms with van der Waals surface area (Å²) in [6, 6.07) is 9.35. The molecule has 1 amide bonds. The molecule has 108 valence electrons. The molecule has 0 saturated carbocycles. The van der Waals surface area contributed by atoms with Crippen molar-refractivity contribution in [2.24, 2.45) is 0 Å². The summed E-state index contributed by atoms with van der Waals surface area (Å²) in [5, 5.41) is 3.19. The minimum Gasteiger partial charge on any atom is -0.339 e. The highest BCUT2D eigenvalue weighted by atomic mass is 16.2. The Kier molecular flexibility index (Phi) is 4.09. The Bertz CT molecular complexity index is 609. The summed E-state index contributed by atoms with van der Waals surface area (Å²) >= 11 is 0. The Morgan fingerprint density at radius 1 is 1.10 bits per heavy atom. The second-order valence-corrected chi connectivity index (χ2v) is 5.12. The molecule has 1 N–H and O–H groups in total. The van der Waals surface area contributed by atoms with Crippen LogP contribution in [0.5, 0.6) is 0 Å². The molecule has 5 nitrogen and oxygen atoms in total. The molecule has 0 spiro atoms. The van der Waals surface area contributed by atoms with E-state index in [0.717, 1.165) is 31.6 Å². The topological polar surface area (TPSA) is 58.1 Å². The first-order valence-corrected chi connectivity index (χ1v) is 7.26. The summed E-state index contributed by atoms with van der Waals surface area (Å²) in [5.74, 6) is 0.774. The summed E-state index contributed by atoms with van der Waals surface area (Å²) in [6.45, 7) is 1.70. The first-order chi connectivity index (χ1) is 10.3. The minimum absolute atomic E-state index is 0.0897. The number of nitrogens with zero attached hydrogens (tertiary/aromatic N) is 3. The largest absolute Gasteiger partial charge is 0.339 e. The zero-order valence-corrected chi connectivity index (χ0v) is 11.8. The summed E-state index contributed by atoms with van der Waals surface area (Å²) in [5.41, 5.74) is 1.48. The monoisotopic (exact) mass is 282 g/mol. The maximum atomic E-state index is 12.7. The van der Waals surface area contributed by atoms with Crippen LogP contribution in [0.2, 0.25) is 0 Å². The summed E-state index contributed by atoms with van der Waals surface area (Å²) in [4.78, 5) is 22.6. The molecule has 2 aromatic rings. The molecule has 2 heterocycles. The van der Waals surface area contributed by atoms with E-state index in [4.69, 9.17) is 0 Å². The minimum atomic E-state index is 0.0897. The lowest BCUT2D eigenvalue weighted by Gasteiger charge is -2.27. The molecule has 0 atom stereocenters. The van der Waals surface area contributed by atoms with Gasteiger partial charge >= 0.3 is 0 Å². The molecule has 3 rings (SSSR count). The zero-order valence-electron chi connectivity index (χ0n) is 11.8. The fourth-order valence-corrected chi connectivity index (χ4v) is 2.55. The Hall–Kier alpha value is -2.43. The number of anilines is 2. The van der Waals surface area contributed by atoms with Crippen molar-refractivity contribution in [1.29, 1.82) is 0 Å². The first kappa shape index (κ1) is 13.5. The maximum Gasteiger partial charge on any atom is 0.255 e. The quantitative estimate of drug-likeness (QED) is 0.940. The number of carbonyl (C=O) groups excluding carboxylic acids is 1. The molecule has 5 heteroatoms. The van der Waals surface area contributed by atoms with Crippen LogP contribution in [0.1, 0.15) is 29.6 Å². The number of hydrogen-bond acceptors (Lipinski definition) is 4. The molecular formula is C16H18N4O. The molecule has 0 bridgehead atoms. The Balaban J connectivity index is 1.83. The number of likely N-dealkylation sites (tertiary alicyclic amines) is 1. The first-order valence-electron chi connectivity index (χ1n) is 7.26. The molecule has 0 unspecified atom stereocenters. The molecular weight excluding hydrogens is 264 g/mol. The maximum absolute atomic E-state index is 12.7. The van der Waals surface area contributed by atoms with E-state index in [1.165, 1.54) is 12.7 Å². The van der Waals surface area contributed by atoms with Gasteiger partial charge in [0.05, 0.1) is 11.3 Å². The predicted molar refractivity (Wildman–Crippen MR) is 81.5 cm³/mol. The van der Waals surface area contributed by atoms with Crippen LogP contribution in [0.3, 0.4) is 0 Å². The van der Waals surface area contributed by atoms with Crippen LogP contribution in [0.15, 0.2) is 42.9 Å². The van der Waals surface area contributed by atoms with Gasteiger partial charge < -0.3 is 10.2 Å². The number of aromatic nitrogens is 2. The summed E-state index contributed by atoms with van der Waals surface area (Å²) < 4.78 is 0. The van der Waals surface area contributed by atoms with Crippen LogP contribution in [0, 0.1) is 0 Å². The van der Waals surface area contributed by atoms with Gasteiger partial charge in [-0.05, 0) is 37.5 Å². The van der Waals surface area contributed by atoms with E-state index >= 15 is 0 Å². The number of carbonyl (C=O) groups is 1. The average molecular weight is 282 g/mol. The fraction of sp³-hybridized carbons (Fsp3) is 0.312. The van der Waals surface area contributed by atoms with Gasteiger partial charge in [-0.2, -0.15) is 0 Å². The van der Waals surface area contributed by atoms with Crippen molar-refractivity contribution in [3.8, 4) is 0 Å². The number of benzene rings is 1. The highest BCUT2D eigenvalue weighted by molar-refractivity contribution is 6.00. The number of hydrogen-bond donors (Lipinski definition) is 1. The van der Waals surface area contributed by atoms with E-state index in [1.54, 1.807) is 12.3 Å². The number of amides is 1. The van der Waals surface area contributed by atoms with E-state index in [9.17, 15) is 4.79 Å². The van der Waals surface area contributed by atoms with Gasteiger partial charge in [-0.25, -0.2) is 9.97 Å². The van der Waals surface area contributed by atoms with Crippen molar-refractivity contribution in [1.82, 2.24) is 14.9 Å². The van der Waals surface area contributed by atoms with Gasteiger partial charge in [0.25, 0.3) is 5.91 Å². The average Bonchev–Trinajstić information content (AvgIpc) is 2.56. The normalized spacial score (nSPS) is 14.8. The third kappa shape index (κ3) is 3.18. The molecule has 1 fully saturated rings. The number of piperidine rings is 1. The van der Waals surface area contributed by atoms with Crippen LogP contribution in [0.25, 0.3) is 0 Å². The standard InChI is InChI=1S/C16H18N4O/c21-16(20-10-4-1-5-11-20)13-6-2-3-7-14(13)19-15-8-9-17-12-18-15/h2-3,6-9,12H,1,4-5,10-11H2,(H,17,18,19). The van der Waals surface area contributed by atoms with Crippen molar-refractivity contribution >= 4 is 17.4 Å². The van der Waals surface area contributed by atoms with Crippen LogP contribution in [-0.4, -0.2) is 33.9 Å². The van der Waals surface area contributed by atoms with Crippen LogP contribution in [0.4, 0.5) is 11.5 Å². The van der Waals surface area contributed by atoms with Crippen LogP contribution >= 0.6 is 0 Å². The lowest BCUT2D eigenvalue weighted by molar-refractivity contribution is 0.0725. The fourth-order valence-electron chi connectivity index (χ4n) is 2.55. The molecule has 1 saturated heterocycles. The van der Waals surface area contributed by atoms with Gasteiger partial charge in [-0.3, -0.25) is 4.79 Å². The zero-order chi connectivity index (χ0) is 14.5. The number of para-hydroxylation sites is 1. The van der Waals surface area contributed by atoms with Crippen molar-refractivity contribution in [3.05, 3.63) is 48.4 Å². The van der Waals surface area contributed by atoms with Crippen molar-refractivity contribution in [3.63, 3.8) is 0 Å². The molecule has 1 aromatic carbocycles. The van der Waals surface area contributed by atoms with Crippen molar-refractivity contribution in [2.45, 2.75) is 19.3 Å². The van der Waals surface area contributed by atoms with Gasteiger partial charge in [0.2, 0.25) is 0 Å². The lowest BCUT2D eigenvalue weighted by atomic mass is 10.1. The van der Waals surface area contributed by atoms with Gasteiger partial charge in [0, 0.05) is 19.3 Å². The Morgan fingerprint density at radius 2 is 1.90 bits per heavy atom. The second kappa shape index (κ2) is 6.35. The molecule has 1 aliphatic heterocycles. The van der Waals surface area contributed by atoms with Crippen LogP contribution < -0.4 is 5.32 Å². The molecule has 1 aliphatic rings. The van der Waals surface area contributed by atoms with E-state index in [-0.39, 0.29) is 5.91 Å². The lowest BCUT2D eigenvalue weighted by Crippen LogP contribution is -2.35. The second-order valence-electron chi connectivity index (χ2n) is 5.12. The van der Waals surface area contributed by atoms with E-state index in [2.05, 4.69) is 15.3 Å². The van der Waals surface area contributed by atoms with Gasteiger partial charge in [-0.1, -0.05) is 12.1 Å². The van der Waals surface area contributed by atoms with Crippen molar-refractivity contribution in [2.75, 3.05) is 18.4 Å². The molecule has 0 aliphatic carbocycles. The molecule has 21 heavy (non-hydrogen) atoms. The van der Waals surface area contributed by atoms with Crippen molar-refractivity contribution < 1.29 is 4.79 Å². The number of rotatable bonds is 3. The molecule has 1 aromatic heterocycles. The van der Waals surface area contributed by atoms with Gasteiger partial charge in [-0.15, -0.1) is 0 Å². The van der Waals surface area contributed by atoms with E-state index in [0.29, 0.717) is 11.4 Å². The van der Waals surface area contributed by atoms with Crippen LogP contribution in [-0.2, 0) is 0 Å².